The second-order valence-electron chi connectivity index (χ2n) is 5.85. The number of carbonyl (C=O) groups is 2. The van der Waals surface area contributed by atoms with Crippen molar-refractivity contribution in [2.75, 3.05) is 20.6 Å². The third-order valence-electron chi connectivity index (χ3n) is 3.66. The van der Waals surface area contributed by atoms with E-state index in [1.807, 2.05) is 38.1 Å². The smallest absolute Gasteiger partial charge is 0.309 e. The van der Waals surface area contributed by atoms with Gasteiger partial charge in [-0.25, -0.2) is 0 Å². The highest BCUT2D eigenvalue weighted by Gasteiger charge is 2.26. The van der Waals surface area contributed by atoms with Crippen LogP contribution in [0.15, 0.2) is 24.3 Å². The molecule has 0 unspecified atom stereocenters. The molecule has 1 atom stereocenters. The largest absolute Gasteiger partial charge is 0.346 e. The summed E-state index contributed by atoms with van der Waals surface area (Å²) in [6, 6.07) is 8.45. The first-order valence-corrected chi connectivity index (χ1v) is 7.29. The van der Waals surface area contributed by atoms with Crippen molar-refractivity contribution in [2.45, 2.75) is 31.8 Å². The molecule has 1 aliphatic rings. The maximum atomic E-state index is 11.8. The standard InChI is InChI=1S/C16H23N3O2/c1-11-4-6-12(7-5-11)14(19(2)3)10-17-15(20)16(21)18-13-8-9-13/h4-7,13-14H,8-10H2,1-3H3,(H,17,20)(H,18,21)/t14-/m0/s1. The van der Waals surface area contributed by atoms with Crippen LogP contribution in [0.25, 0.3) is 0 Å². The summed E-state index contributed by atoms with van der Waals surface area (Å²) in [5.74, 6) is -1.08. The van der Waals surface area contributed by atoms with Crippen LogP contribution in [-0.4, -0.2) is 43.4 Å². The summed E-state index contributed by atoms with van der Waals surface area (Å²) in [4.78, 5) is 25.4. The van der Waals surface area contributed by atoms with E-state index < -0.39 is 11.8 Å². The van der Waals surface area contributed by atoms with Crippen molar-refractivity contribution in [2.24, 2.45) is 0 Å². The summed E-state index contributed by atoms with van der Waals surface area (Å²) >= 11 is 0. The maximum absolute atomic E-state index is 11.8. The summed E-state index contributed by atoms with van der Waals surface area (Å²) in [6.07, 6.45) is 1.95. The topological polar surface area (TPSA) is 61.4 Å². The molecule has 0 spiro atoms. The molecule has 2 amide bonds. The number of carbonyl (C=O) groups excluding carboxylic acids is 2. The van der Waals surface area contributed by atoms with Gasteiger partial charge in [0.05, 0.1) is 6.04 Å². The Hall–Kier alpha value is -1.88. The number of rotatable bonds is 5. The molecule has 2 rings (SSSR count). The van der Waals surface area contributed by atoms with Crippen LogP contribution in [0.4, 0.5) is 0 Å². The molecule has 1 aromatic rings. The predicted octanol–water partition coefficient (Wildman–Crippen LogP) is 0.993. The fourth-order valence-electron chi connectivity index (χ4n) is 2.14. The number of nitrogens with one attached hydrogen (secondary N) is 2. The zero-order valence-electron chi connectivity index (χ0n) is 12.8. The van der Waals surface area contributed by atoms with Crippen molar-refractivity contribution in [1.29, 1.82) is 0 Å². The lowest BCUT2D eigenvalue weighted by Gasteiger charge is -2.25. The molecule has 2 N–H and O–H groups in total. The predicted molar refractivity (Wildman–Crippen MR) is 81.8 cm³/mol. The Balaban J connectivity index is 1.91. The average Bonchev–Trinajstić information content (AvgIpc) is 3.24. The molecule has 0 aliphatic heterocycles. The van der Waals surface area contributed by atoms with E-state index in [1.165, 1.54) is 5.56 Å². The highest BCUT2D eigenvalue weighted by Crippen LogP contribution is 2.19. The number of aryl methyl sites for hydroxylation is 1. The molecular weight excluding hydrogens is 266 g/mol. The molecule has 0 heterocycles. The SMILES string of the molecule is Cc1ccc([C@H](CNC(=O)C(=O)NC2CC2)N(C)C)cc1. The van der Waals surface area contributed by atoms with Crippen molar-refractivity contribution in [1.82, 2.24) is 15.5 Å². The molecule has 0 aromatic heterocycles. The average molecular weight is 289 g/mol. The molecule has 21 heavy (non-hydrogen) atoms. The molecule has 0 bridgehead atoms. The Bertz CT molecular complexity index is 507. The van der Waals surface area contributed by atoms with Gasteiger partial charge in [0.2, 0.25) is 0 Å². The van der Waals surface area contributed by atoms with E-state index in [0.29, 0.717) is 6.54 Å². The molecule has 1 fully saturated rings. The molecule has 1 aliphatic carbocycles. The van der Waals surface area contributed by atoms with Gasteiger partial charge in [-0.05, 0) is 39.4 Å². The number of amides is 2. The number of hydrogen-bond acceptors (Lipinski definition) is 3. The third kappa shape index (κ3) is 4.56. The van der Waals surface area contributed by atoms with Crippen molar-refractivity contribution in [3.8, 4) is 0 Å². The van der Waals surface area contributed by atoms with Gasteiger partial charge in [-0.15, -0.1) is 0 Å². The van der Waals surface area contributed by atoms with Crippen molar-refractivity contribution >= 4 is 11.8 Å². The normalized spacial score (nSPS) is 15.6. The maximum Gasteiger partial charge on any atom is 0.309 e. The zero-order valence-corrected chi connectivity index (χ0v) is 12.8. The number of likely N-dealkylation sites (N-methyl/N-ethyl adjacent to an activating group) is 1. The third-order valence-corrected chi connectivity index (χ3v) is 3.66. The van der Waals surface area contributed by atoms with Crippen molar-refractivity contribution < 1.29 is 9.59 Å². The van der Waals surface area contributed by atoms with E-state index in [1.54, 1.807) is 0 Å². The van der Waals surface area contributed by atoms with Gasteiger partial charge in [0.1, 0.15) is 0 Å². The highest BCUT2D eigenvalue weighted by molar-refractivity contribution is 6.35. The van der Waals surface area contributed by atoms with Gasteiger partial charge in [0, 0.05) is 12.6 Å². The second-order valence-corrected chi connectivity index (χ2v) is 5.85. The minimum Gasteiger partial charge on any atom is -0.346 e. The quantitative estimate of drug-likeness (QED) is 0.795. The van der Waals surface area contributed by atoms with Crippen LogP contribution in [0.2, 0.25) is 0 Å². The van der Waals surface area contributed by atoms with Crippen LogP contribution in [0.3, 0.4) is 0 Å². The lowest BCUT2D eigenvalue weighted by molar-refractivity contribution is -0.139. The summed E-state index contributed by atoms with van der Waals surface area (Å²) < 4.78 is 0. The minimum atomic E-state index is -0.555. The molecule has 5 heteroatoms. The lowest BCUT2D eigenvalue weighted by Crippen LogP contribution is -2.43. The Morgan fingerprint density at radius 2 is 1.81 bits per heavy atom. The summed E-state index contributed by atoms with van der Waals surface area (Å²) in [5.41, 5.74) is 2.32. The summed E-state index contributed by atoms with van der Waals surface area (Å²) in [7, 11) is 3.92. The van der Waals surface area contributed by atoms with Crippen LogP contribution in [-0.2, 0) is 9.59 Å². The molecule has 5 nitrogen and oxygen atoms in total. The molecule has 1 saturated carbocycles. The summed E-state index contributed by atoms with van der Waals surface area (Å²) in [5, 5.41) is 5.41. The van der Waals surface area contributed by atoms with Crippen molar-refractivity contribution in [3.05, 3.63) is 35.4 Å². The first kappa shape index (κ1) is 15.5. The van der Waals surface area contributed by atoms with Crippen LogP contribution >= 0.6 is 0 Å². The van der Waals surface area contributed by atoms with E-state index in [0.717, 1.165) is 18.4 Å². The lowest BCUT2D eigenvalue weighted by atomic mass is 10.0. The van der Waals surface area contributed by atoms with E-state index in [9.17, 15) is 9.59 Å². The monoisotopic (exact) mass is 289 g/mol. The van der Waals surface area contributed by atoms with E-state index in [-0.39, 0.29) is 12.1 Å². The van der Waals surface area contributed by atoms with E-state index >= 15 is 0 Å². The minimum absolute atomic E-state index is 0.0447. The number of benzene rings is 1. The number of nitrogens with zero attached hydrogens (tertiary/aromatic N) is 1. The zero-order chi connectivity index (χ0) is 15.4. The van der Waals surface area contributed by atoms with Crippen LogP contribution < -0.4 is 10.6 Å². The first-order valence-electron chi connectivity index (χ1n) is 7.29. The van der Waals surface area contributed by atoms with Crippen molar-refractivity contribution in [3.63, 3.8) is 0 Å². The fourth-order valence-corrected chi connectivity index (χ4v) is 2.14. The van der Waals surface area contributed by atoms with E-state index in [4.69, 9.17) is 0 Å². The fraction of sp³-hybridized carbons (Fsp3) is 0.500. The van der Waals surface area contributed by atoms with Crippen LogP contribution in [0, 0.1) is 6.92 Å². The van der Waals surface area contributed by atoms with Gasteiger partial charge in [0.15, 0.2) is 0 Å². The second kappa shape index (κ2) is 6.72. The Kier molecular flexibility index (Phi) is 4.96. The molecule has 114 valence electrons. The van der Waals surface area contributed by atoms with Gasteiger partial charge in [0.25, 0.3) is 0 Å². The van der Waals surface area contributed by atoms with Gasteiger partial charge < -0.3 is 15.5 Å². The molecular formula is C16H23N3O2. The Labute approximate surface area is 125 Å². The molecule has 0 radical (unpaired) electrons. The van der Waals surface area contributed by atoms with Gasteiger partial charge in [-0.1, -0.05) is 29.8 Å². The summed E-state index contributed by atoms with van der Waals surface area (Å²) in [6.45, 7) is 2.45. The van der Waals surface area contributed by atoms with Gasteiger partial charge in [-0.3, -0.25) is 9.59 Å². The van der Waals surface area contributed by atoms with Crippen LogP contribution in [0.5, 0.6) is 0 Å². The van der Waals surface area contributed by atoms with Gasteiger partial charge in [-0.2, -0.15) is 0 Å². The van der Waals surface area contributed by atoms with E-state index in [2.05, 4.69) is 22.8 Å². The number of hydrogen-bond donors (Lipinski definition) is 2. The highest BCUT2D eigenvalue weighted by atomic mass is 16.2. The van der Waals surface area contributed by atoms with Crippen LogP contribution in [0.1, 0.15) is 30.0 Å². The van der Waals surface area contributed by atoms with Gasteiger partial charge >= 0.3 is 11.8 Å². The molecule has 0 saturated heterocycles. The molecule has 1 aromatic carbocycles. The Morgan fingerprint density at radius 1 is 1.19 bits per heavy atom. The Morgan fingerprint density at radius 3 is 2.33 bits per heavy atom. The first-order chi connectivity index (χ1) is 9.97.